The third-order valence-corrected chi connectivity index (χ3v) is 3.64. The zero-order valence-electron chi connectivity index (χ0n) is 10.7. The van der Waals surface area contributed by atoms with Gasteiger partial charge in [-0.05, 0) is 38.0 Å². The lowest BCUT2D eigenvalue weighted by Gasteiger charge is -2.30. The van der Waals surface area contributed by atoms with Gasteiger partial charge in [-0.2, -0.15) is 5.26 Å². The lowest BCUT2D eigenvalue weighted by molar-refractivity contribution is 0.112. The Bertz CT molecular complexity index is 476. The second-order valence-electron chi connectivity index (χ2n) is 4.90. The number of anilines is 1. The molecule has 94 valence electrons. The molecule has 1 aromatic rings. The third-order valence-electron chi connectivity index (χ3n) is 3.64. The van der Waals surface area contributed by atoms with Crippen molar-refractivity contribution < 1.29 is 4.79 Å². The van der Waals surface area contributed by atoms with Crippen molar-refractivity contribution in [2.75, 3.05) is 11.4 Å². The lowest BCUT2D eigenvalue weighted by atomic mass is 10.1. The van der Waals surface area contributed by atoms with Crippen LogP contribution in [0.3, 0.4) is 0 Å². The topological polar surface area (TPSA) is 44.1 Å². The Morgan fingerprint density at radius 2 is 2.22 bits per heavy atom. The summed E-state index contributed by atoms with van der Waals surface area (Å²) in [5.74, 6) is 0. The highest BCUT2D eigenvalue weighted by Crippen LogP contribution is 2.27. The minimum Gasteiger partial charge on any atom is -0.368 e. The van der Waals surface area contributed by atoms with Crippen LogP contribution in [0.5, 0.6) is 0 Å². The first-order chi connectivity index (χ1) is 8.76. The van der Waals surface area contributed by atoms with E-state index in [4.69, 9.17) is 0 Å². The summed E-state index contributed by atoms with van der Waals surface area (Å²) < 4.78 is 0. The van der Waals surface area contributed by atoms with Crippen molar-refractivity contribution in [3.63, 3.8) is 0 Å². The Morgan fingerprint density at radius 1 is 1.39 bits per heavy atom. The molecule has 1 heterocycles. The summed E-state index contributed by atoms with van der Waals surface area (Å²) in [5, 5.41) is 9.23. The van der Waals surface area contributed by atoms with E-state index in [9.17, 15) is 10.1 Å². The minimum atomic E-state index is 0.460. The molecule has 1 aromatic carbocycles. The molecular weight excluding hydrogens is 224 g/mol. The second-order valence-corrected chi connectivity index (χ2v) is 4.90. The molecule has 1 atom stereocenters. The summed E-state index contributed by atoms with van der Waals surface area (Å²) in [6, 6.07) is 8.05. The van der Waals surface area contributed by atoms with Gasteiger partial charge in [0.2, 0.25) is 0 Å². The van der Waals surface area contributed by atoms with E-state index in [0.717, 1.165) is 18.5 Å². The molecule has 2 rings (SSSR count). The smallest absolute Gasteiger partial charge is 0.150 e. The molecule has 3 heteroatoms. The van der Waals surface area contributed by atoms with E-state index in [0.29, 0.717) is 17.2 Å². The standard InChI is InChI=1S/C15H18N2O/c1-12-5-3-2-4-8-17(12)15-7-6-13(11-18)9-14(15)10-16/h6-7,9,11-12H,2-5,8H2,1H3. The van der Waals surface area contributed by atoms with Crippen LogP contribution < -0.4 is 4.90 Å². The number of aldehydes is 1. The maximum Gasteiger partial charge on any atom is 0.150 e. The van der Waals surface area contributed by atoms with Gasteiger partial charge in [0.05, 0.1) is 11.3 Å². The van der Waals surface area contributed by atoms with Gasteiger partial charge in [0.1, 0.15) is 12.4 Å². The summed E-state index contributed by atoms with van der Waals surface area (Å²) in [7, 11) is 0. The Balaban J connectivity index is 2.36. The predicted octanol–water partition coefficient (Wildman–Crippen LogP) is 3.14. The number of hydrogen-bond acceptors (Lipinski definition) is 3. The first-order valence-corrected chi connectivity index (χ1v) is 6.52. The fourth-order valence-corrected chi connectivity index (χ4v) is 2.60. The highest BCUT2D eigenvalue weighted by atomic mass is 16.1. The van der Waals surface area contributed by atoms with Crippen LogP contribution in [0.15, 0.2) is 18.2 Å². The average Bonchev–Trinajstić information content (AvgIpc) is 2.62. The Hall–Kier alpha value is -1.82. The van der Waals surface area contributed by atoms with Gasteiger partial charge in [0, 0.05) is 18.2 Å². The first-order valence-electron chi connectivity index (χ1n) is 6.52. The van der Waals surface area contributed by atoms with Gasteiger partial charge in [0.25, 0.3) is 0 Å². The van der Waals surface area contributed by atoms with Crippen molar-refractivity contribution >= 4 is 12.0 Å². The molecule has 1 unspecified atom stereocenters. The maximum absolute atomic E-state index is 10.8. The molecule has 0 amide bonds. The van der Waals surface area contributed by atoms with Crippen LogP contribution >= 0.6 is 0 Å². The molecule has 1 saturated heterocycles. The number of hydrogen-bond donors (Lipinski definition) is 0. The number of nitriles is 1. The molecule has 18 heavy (non-hydrogen) atoms. The van der Waals surface area contributed by atoms with Gasteiger partial charge in [0.15, 0.2) is 0 Å². The molecule has 0 spiro atoms. The fourth-order valence-electron chi connectivity index (χ4n) is 2.60. The average molecular weight is 242 g/mol. The van der Waals surface area contributed by atoms with Gasteiger partial charge < -0.3 is 4.90 Å². The van der Waals surface area contributed by atoms with E-state index in [-0.39, 0.29) is 0 Å². The molecule has 3 nitrogen and oxygen atoms in total. The molecular formula is C15H18N2O. The van der Waals surface area contributed by atoms with Crippen molar-refractivity contribution in [2.45, 2.75) is 38.6 Å². The summed E-state index contributed by atoms with van der Waals surface area (Å²) in [4.78, 5) is 13.1. The van der Waals surface area contributed by atoms with Gasteiger partial charge in [-0.3, -0.25) is 4.79 Å². The molecule has 1 aliphatic rings. The van der Waals surface area contributed by atoms with E-state index in [2.05, 4.69) is 17.9 Å². The van der Waals surface area contributed by atoms with E-state index in [1.54, 1.807) is 12.1 Å². The Kier molecular flexibility index (Phi) is 3.99. The third kappa shape index (κ3) is 2.53. The number of nitrogens with zero attached hydrogens (tertiary/aromatic N) is 2. The molecule has 0 bridgehead atoms. The van der Waals surface area contributed by atoms with E-state index in [1.807, 2.05) is 6.07 Å². The van der Waals surface area contributed by atoms with Crippen LogP contribution in [-0.2, 0) is 0 Å². The molecule has 1 fully saturated rings. The summed E-state index contributed by atoms with van der Waals surface area (Å²) in [6.45, 7) is 3.20. The fraction of sp³-hybridized carbons (Fsp3) is 0.467. The molecule has 0 aromatic heterocycles. The van der Waals surface area contributed by atoms with Crippen LogP contribution in [0.4, 0.5) is 5.69 Å². The highest BCUT2D eigenvalue weighted by Gasteiger charge is 2.19. The van der Waals surface area contributed by atoms with Crippen LogP contribution in [0.25, 0.3) is 0 Å². The van der Waals surface area contributed by atoms with E-state index >= 15 is 0 Å². The van der Waals surface area contributed by atoms with E-state index < -0.39 is 0 Å². The number of carbonyl (C=O) groups excluding carboxylic acids is 1. The SMILES string of the molecule is CC1CCCCCN1c1ccc(C=O)cc1C#N. The Labute approximate surface area is 108 Å². The number of carbonyl (C=O) groups is 1. The van der Waals surface area contributed by atoms with Crippen molar-refractivity contribution in [1.29, 1.82) is 5.26 Å². The van der Waals surface area contributed by atoms with Crippen molar-refractivity contribution in [2.24, 2.45) is 0 Å². The summed E-state index contributed by atoms with van der Waals surface area (Å²) in [5.41, 5.74) is 2.14. The van der Waals surface area contributed by atoms with Gasteiger partial charge in [-0.25, -0.2) is 0 Å². The normalized spacial score (nSPS) is 20.0. The number of benzene rings is 1. The van der Waals surface area contributed by atoms with Crippen LogP contribution in [0.2, 0.25) is 0 Å². The summed E-state index contributed by atoms with van der Waals surface area (Å²) >= 11 is 0. The van der Waals surface area contributed by atoms with E-state index in [1.165, 1.54) is 25.7 Å². The summed E-state index contributed by atoms with van der Waals surface area (Å²) in [6.07, 6.45) is 5.64. The van der Waals surface area contributed by atoms with Crippen LogP contribution in [0, 0.1) is 11.3 Å². The van der Waals surface area contributed by atoms with Gasteiger partial charge in [-0.15, -0.1) is 0 Å². The largest absolute Gasteiger partial charge is 0.368 e. The highest BCUT2D eigenvalue weighted by molar-refractivity contribution is 5.78. The molecule has 0 saturated carbocycles. The van der Waals surface area contributed by atoms with Crippen molar-refractivity contribution in [3.8, 4) is 6.07 Å². The van der Waals surface area contributed by atoms with Crippen LogP contribution in [0.1, 0.15) is 48.5 Å². The number of rotatable bonds is 2. The Morgan fingerprint density at radius 3 is 2.94 bits per heavy atom. The molecule has 0 aliphatic carbocycles. The molecule has 0 N–H and O–H groups in total. The quantitative estimate of drug-likeness (QED) is 0.748. The lowest BCUT2D eigenvalue weighted by Crippen LogP contribution is -2.33. The molecule has 1 aliphatic heterocycles. The maximum atomic E-state index is 10.8. The van der Waals surface area contributed by atoms with Crippen LogP contribution in [-0.4, -0.2) is 18.9 Å². The zero-order chi connectivity index (χ0) is 13.0. The molecule has 0 radical (unpaired) electrons. The second kappa shape index (κ2) is 5.68. The first kappa shape index (κ1) is 12.6. The van der Waals surface area contributed by atoms with Gasteiger partial charge in [-0.1, -0.05) is 12.8 Å². The van der Waals surface area contributed by atoms with Gasteiger partial charge >= 0.3 is 0 Å². The van der Waals surface area contributed by atoms with Crippen molar-refractivity contribution in [1.82, 2.24) is 0 Å². The predicted molar refractivity (Wildman–Crippen MR) is 71.8 cm³/mol. The zero-order valence-corrected chi connectivity index (χ0v) is 10.7. The minimum absolute atomic E-state index is 0.460. The van der Waals surface area contributed by atoms with Crippen molar-refractivity contribution in [3.05, 3.63) is 29.3 Å². The monoisotopic (exact) mass is 242 g/mol.